The van der Waals surface area contributed by atoms with Gasteiger partial charge >= 0.3 is 18.9 Å². The van der Waals surface area contributed by atoms with Crippen molar-refractivity contribution in [2.24, 2.45) is 0 Å². The molecule has 18 heavy (non-hydrogen) atoms. The molecule has 0 N–H and O–H groups in total. The minimum atomic E-state index is 0. The summed E-state index contributed by atoms with van der Waals surface area (Å²) < 4.78 is 10.2. The Hall–Kier alpha value is 0.477. The van der Waals surface area contributed by atoms with Crippen molar-refractivity contribution >= 4 is 0 Å². The van der Waals surface area contributed by atoms with Crippen molar-refractivity contribution in [3.8, 4) is 0 Å². The monoisotopic (exact) mass is 245 g/mol. The molecule has 97 valence electrons. The summed E-state index contributed by atoms with van der Waals surface area (Å²) in [6.45, 7) is 4.67. The second-order valence-corrected chi connectivity index (χ2v) is 4.22. The zero-order valence-electron chi connectivity index (χ0n) is 12.0. The van der Waals surface area contributed by atoms with Crippen LogP contribution in [0.2, 0.25) is 0 Å². The van der Waals surface area contributed by atoms with E-state index in [1.165, 1.54) is 12.3 Å². The van der Waals surface area contributed by atoms with Crippen LogP contribution in [0.4, 0.5) is 0 Å². The first-order chi connectivity index (χ1) is 8.36. The number of methoxy groups -OCH3 is 2. The van der Waals surface area contributed by atoms with E-state index in [1.807, 2.05) is 0 Å². The third-order valence-electron chi connectivity index (χ3n) is 2.89. The third kappa shape index (κ3) is 8.56. The van der Waals surface area contributed by atoms with Gasteiger partial charge in [-0.2, -0.15) is 0 Å². The molecule has 5 radical (unpaired) electrons. The second kappa shape index (κ2) is 12.5. The maximum absolute atomic E-state index is 5.12. The molecule has 0 spiro atoms. The average Bonchev–Trinajstić information content (AvgIpc) is 2.85. The summed E-state index contributed by atoms with van der Waals surface area (Å²) in [4.78, 5) is 2.40. The predicted octanol–water partition coefficient (Wildman–Crippen LogP) is -1.23. The average molecular weight is 245 g/mol. The van der Waals surface area contributed by atoms with E-state index in [1.54, 1.807) is 14.2 Å². The summed E-state index contributed by atoms with van der Waals surface area (Å²) in [6.07, 6.45) is 10.9. The predicted molar refractivity (Wildman–Crippen MR) is 69.9 cm³/mol. The van der Waals surface area contributed by atoms with E-state index in [4.69, 9.17) is 9.47 Å². The normalized spacial score (nSPS) is 16.2. The van der Waals surface area contributed by atoms with Gasteiger partial charge in [0.1, 0.15) is 0 Å². The molecule has 1 saturated carbocycles. The Morgan fingerprint density at radius 1 is 0.944 bits per heavy atom. The van der Waals surface area contributed by atoms with Crippen molar-refractivity contribution < 1.29 is 28.3 Å². The zero-order chi connectivity index (χ0) is 12.3. The molecule has 0 aliphatic heterocycles. The van der Waals surface area contributed by atoms with E-state index in [-0.39, 0.29) is 18.9 Å². The Balaban J connectivity index is 0.00000289. The molecule has 4 heteroatoms. The minimum Gasteiger partial charge on any atom is -0.383 e. The standard InChI is InChI=1S/C14H24NO2.Li/c1-16-12-10-15(11-13-17-2)9-5-8-14-6-3-4-7-14;/h3-4,6-7H,5,8-13H2,1-2H3;/q;+1. The molecule has 0 aromatic rings. The Bertz CT molecular complexity index is 167. The molecule has 0 saturated heterocycles. The molecule has 0 aromatic heterocycles. The van der Waals surface area contributed by atoms with Crippen LogP contribution < -0.4 is 18.9 Å². The van der Waals surface area contributed by atoms with Gasteiger partial charge in [-0.3, -0.25) is 4.90 Å². The topological polar surface area (TPSA) is 21.7 Å². The van der Waals surface area contributed by atoms with Gasteiger partial charge in [-0.05, 0) is 51.0 Å². The van der Waals surface area contributed by atoms with E-state index in [9.17, 15) is 0 Å². The Kier molecular flexibility index (Phi) is 12.8. The van der Waals surface area contributed by atoms with Crippen LogP contribution in [0.3, 0.4) is 0 Å². The van der Waals surface area contributed by atoms with Gasteiger partial charge in [-0.1, -0.05) is 0 Å². The molecule has 0 atom stereocenters. The van der Waals surface area contributed by atoms with Crippen LogP contribution in [0.1, 0.15) is 12.8 Å². The first-order valence-electron chi connectivity index (χ1n) is 6.27. The van der Waals surface area contributed by atoms with E-state index in [0.717, 1.165) is 39.3 Å². The van der Waals surface area contributed by atoms with Crippen LogP contribution in [0, 0.1) is 31.6 Å². The maximum Gasteiger partial charge on any atom is 1.00 e. The van der Waals surface area contributed by atoms with E-state index >= 15 is 0 Å². The van der Waals surface area contributed by atoms with Gasteiger partial charge in [0.05, 0.1) is 13.2 Å². The first-order valence-corrected chi connectivity index (χ1v) is 6.27. The van der Waals surface area contributed by atoms with Crippen LogP contribution in [-0.2, 0) is 9.47 Å². The fourth-order valence-corrected chi connectivity index (χ4v) is 1.86. The molecule has 1 aliphatic carbocycles. The third-order valence-corrected chi connectivity index (χ3v) is 2.89. The van der Waals surface area contributed by atoms with Gasteiger partial charge in [0.2, 0.25) is 0 Å². The fourth-order valence-electron chi connectivity index (χ4n) is 1.86. The zero-order valence-corrected chi connectivity index (χ0v) is 12.0. The van der Waals surface area contributed by atoms with Crippen molar-refractivity contribution in [2.75, 3.05) is 47.1 Å². The largest absolute Gasteiger partial charge is 1.00 e. The molecule has 3 nitrogen and oxygen atoms in total. The quantitative estimate of drug-likeness (QED) is 0.450. The van der Waals surface area contributed by atoms with Crippen molar-refractivity contribution in [3.63, 3.8) is 0 Å². The number of ether oxygens (including phenoxy) is 2. The van der Waals surface area contributed by atoms with Gasteiger partial charge < -0.3 is 9.47 Å². The SMILES string of the molecule is COCCN(CCC[C]1[CH][CH][CH][CH]1)CCOC.[Li+]. The summed E-state index contributed by atoms with van der Waals surface area (Å²) in [5.74, 6) is 1.43. The summed E-state index contributed by atoms with van der Waals surface area (Å²) in [5, 5.41) is 0. The molecule has 1 fully saturated rings. The number of hydrogen-bond acceptors (Lipinski definition) is 3. The summed E-state index contributed by atoms with van der Waals surface area (Å²) in [5.41, 5.74) is 0. The van der Waals surface area contributed by atoms with Crippen LogP contribution in [0.5, 0.6) is 0 Å². The number of hydrogen-bond donors (Lipinski definition) is 0. The molecule has 0 amide bonds. The molecule has 1 aliphatic rings. The first kappa shape index (κ1) is 18.5. The Labute approximate surface area is 125 Å². The fraction of sp³-hybridized carbons (Fsp3) is 0.643. The van der Waals surface area contributed by atoms with Gasteiger partial charge in [0, 0.05) is 27.3 Å². The van der Waals surface area contributed by atoms with Crippen LogP contribution in [0.25, 0.3) is 0 Å². The van der Waals surface area contributed by atoms with Gasteiger partial charge in [0.15, 0.2) is 0 Å². The van der Waals surface area contributed by atoms with Crippen LogP contribution in [-0.4, -0.2) is 52.0 Å². The van der Waals surface area contributed by atoms with E-state index < -0.39 is 0 Å². The Morgan fingerprint density at radius 3 is 2.00 bits per heavy atom. The minimum absolute atomic E-state index is 0. The van der Waals surface area contributed by atoms with Gasteiger partial charge in [-0.15, -0.1) is 0 Å². The van der Waals surface area contributed by atoms with E-state index in [2.05, 4.69) is 30.6 Å². The smallest absolute Gasteiger partial charge is 0.383 e. The molecular formula is C14H24LiNO2+. The van der Waals surface area contributed by atoms with Crippen molar-refractivity contribution in [2.45, 2.75) is 12.8 Å². The van der Waals surface area contributed by atoms with Gasteiger partial charge in [0.25, 0.3) is 0 Å². The molecule has 0 bridgehead atoms. The maximum atomic E-state index is 5.12. The molecule has 1 rings (SSSR count). The number of nitrogens with zero attached hydrogens (tertiary/aromatic N) is 1. The molecule has 0 unspecified atom stereocenters. The van der Waals surface area contributed by atoms with Crippen molar-refractivity contribution in [1.29, 1.82) is 0 Å². The van der Waals surface area contributed by atoms with Crippen LogP contribution >= 0.6 is 0 Å². The summed E-state index contributed by atoms with van der Waals surface area (Å²) in [7, 11) is 3.50. The molecule has 0 aromatic carbocycles. The molecule has 0 heterocycles. The second-order valence-electron chi connectivity index (χ2n) is 4.22. The summed E-state index contributed by atoms with van der Waals surface area (Å²) in [6, 6.07) is 0. The Morgan fingerprint density at radius 2 is 1.50 bits per heavy atom. The van der Waals surface area contributed by atoms with Crippen molar-refractivity contribution in [3.05, 3.63) is 31.6 Å². The summed E-state index contributed by atoms with van der Waals surface area (Å²) >= 11 is 0. The van der Waals surface area contributed by atoms with Gasteiger partial charge in [-0.25, -0.2) is 0 Å². The number of rotatable bonds is 10. The van der Waals surface area contributed by atoms with E-state index in [0.29, 0.717) is 0 Å². The van der Waals surface area contributed by atoms with Crippen molar-refractivity contribution in [1.82, 2.24) is 4.90 Å². The van der Waals surface area contributed by atoms with Crippen LogP contribution in [0.15, 0.2) is 0 Å². The molecular weight excluding hydrogens is 221 g/mol.